The van der Waals surface area contributed by atoms with Gasteiger partial charge in [0.1, 0.15) is 0 Å². The molecule has 2 heterocycles. The SMILES string of the molecule is COc1ccc(-c2cc(C(=O)N/N=C(\C)c3ccc(NC(=O)c4ccco4)cc3)c3ccccc3n2)cc1OC. The van der Waals surface area contributed by atoms with Gasteiger partial charge in [-0.1, -0.05) is 30.3 Å². The molecule has 2 amide bonds. The summed E-state index contributed by atoms with van der Waals surface area (Å²) in [6, 6.07) is 25.0. The van der Waals surface area contributed by atoms with Crippen LogP contribution in [0.1, 0.15) is 33.4 Å². The second-order valence-electron chi connectivity index (χ2n) is 8.79. The van der Waals surface area contributed by atoms with E-state index >= 15 is 0 Å². The molecule has 0 aliphatic heterocycles. The molecule has 0 fully saturated rings. The maximum atomic E-state index is 13.3. The number of pyridine rings is 1. The molecule has 5 aromatic rings. The van der Waals surface area contributed by atoms with Gasteiger partial charge in [-0.05, 0) is 67.1 Å². The van der Waals surface area contributed by atoms with Gasteiger partial charge in [-0.2, -0.15) is 5.10 Å². The largest absolute Gasteiger partial charge is 0.493 e. The molecular formula is C31H26N4O5. The van der Waals surface area contributed by atoms with Crippen LogP contribution in [-0.4, -0.2) is 36.7 Å². The summed E-state index contributed by atoms with van der Waals surface area (Å²) in [7, 11) is 3.14. The van der Waals surface area contributed by atoms with E-state index in [-0.39, 0.29) is 17.6 Å². The number of nitrogens with zero attached hydrogens (tertiary/aromatic N) is 2. The van der Waals surface area contributed by atoms with Gasteiger partial charge in [0.05, 0.1) is 43.0 Å². The predicted octanol–water partition coefficient (Wildman–Crippen LogP) is 5.92. The van der Waals surface area contributed by atoms with Crippen LogP contribution in [0.5, 0.6) is 11.5 Å². The summed E-state index contributed by atoms with van der Waals surface area (Å²) < 4.78 is 15.9. The maximum Gasteiger partial charge on any atom is 0.291 e. The van der Waals surface area contributed by atoms with Crippen LogP contribution in [0.3, 0.4) is 0 Å². The average Bonchev–Trinajstić information content (AvgIpc) is 3.54. The van der Waals surface area contributed by atoms with Gasteiger partial charge in [0.25, 0.3) is 11.8 Å². The number of rotatable bonds is 8. The monoisotopic (exact) mass is 534 g/mol. The summed E-state index contributed by atoms with van der Waals surface area (Å²) in [6.45, 7) is 1.79. The number of carbonyl (C=O) groups is 2. The summed E-state index contributed by atoms with van der Waals surface area (Å²) in [5.41, 5.74) is 7.14. The van der Waals surface area contributed by atoms with Crippen LogP contribution in [0.2, 0.25) is 0 Å². The molecule has 0 unspecified atom stereocenters. The minimum atomic E-state index is -0.373. The number of amides is 2. The molecule has 0 aliphatic rings. The van der Waals surface area contributed by atoms with Crippen LogP contribution in [0.25, 0.3) is 22.2 Å². The molecule has 0 bridgehead atoms. The Morgan fingerprint density at radius 3 is 2.35 bits per heavy atom. The van der Waals surface area contributed by atoms with Gasteiger partial charge >= 0.3 is 0 Å². The van der Waals surface area contributed by atoms with E-state index in [0.29, 0.717) is 45.1 Å². The number of anilines is 1. The zero-order valence-corrected chi connectivity index (χ0v) is 22.1. The van der Waals surface area contributed by atoms with Crippen molar-refractivity contribution >= 4 is 34.1 Å². The molecule has 0 aliphatic carbocycles. The fourth-order valence-electron chi connectivity index (χ4n) is 4.16. The Morgan fingerprint density at radius 1 is 0.850 bits per heavy atom. The Hall–Kier alpha value is -5.44. The normalized spacial score (nSPS) is 11.2. The molecule has 0 spiro atoms. The molecule has 5 rings (SSSR count). The van der Waals surface area contributed by atoms with E-state index in [2.05, 4.69) is 15.8 Å². The number of methoxy groups -OCH3 is 2. The van der Waals surface area contributed by atoms with Crippen molar-refractivity contribution in [2.45, 2.75) is 6.92 Å². The van der Waals surface area contributed by atoms with Crippen molar-refractivity contribution in [1.82, 2.24) is 10.4 Å². The zero-order chi connectivity index (χ0) is 28.1. The van der Waals surface area contributed by atoms with Crippen LogP contribution >= 0.6 is 0 Å². The molecule has 40 heavy (non-hydrogen) atoms. The molecule has 3 aromatic carbocycles. The molecule has 9 heteroatoms. The number of carbonyl (C=O) groups excluding carboxylic acids is 2. The molecule has 9 nitrogen and oxygen atoms in total. The van der Waals surface area contributed by atoms with E-state index in [1.165, 1.54) is 6.26 Å². The first-order valence-corrected chi connectivity index (χ1v) is 12.4. The minimum Gasteiger partial charge on any atom is -0.493 e. The maximum absolute atomic E-state index is 13.3. The summed E-state index contributed by atoms with van der Waals surface area (Å²) in [6.07, 6.45) is 1.44. The molecule has 0 saturated heterocycles. The molecule has 0 atom stereocenters. The molecule has 0 saturated carbocycles. The highest BCUT2D eigenvalue weighted by Crippen LogP contribution is 2.33. The molecular weight excluding hydrogens is 508 g/mol. The van der Waals surface area contributed by atoms with Crippen LogP contribution in [0, 0.1) is 0 Å². The van der Waals surface area contributed by atoms with Gasteiger partial charge in [-0.25, -0.2) is 10.4 Å². The Balaban J connectivity index is 1.37. The van der Waals surface area contributed by atoms with Gasteiger partial charge in [0.15, 0.2) is 17.3 Å². The van der Waals surface area contributed by atoms with Crippen molar-refractivity contribution in [2.75, 3.05) is 19.5 Å². The fraction of sp³-hybridized carbons (Fsp3) is 0.0968. The summed E-state index contributed by atoms with van der Waals surface area (Å²) in [5, 5.41) is 7.79. The van der Waals surface area contributed by atoms with E-state index in [1.807, 2.05) is 36.4 Å². The van der Waals surface area contributed by atoms with Crippen LogP contribution < -0.4 is 20.2 Å². The smallest absolute Gasteiger partial charge is 0.291 e. The molecule has 0 radical (unpaired) electrons. The number of ether oxygens (including phenoxy) is 2. The lowest BCUT2D eigenvalue weighted by atomic mass is 10.0. The van der Waals surface area contributed by atoms with Crippen molar-refractivity contribution in [3.63, 3.8) is 0 Å². The Morgan fingerprint density at radius 2 is 1.62 bits per heavy atom. The summed E-state index contributed by atoms with van der Waals surface area (Å²) in [5.74, 6) is 0.674. The third kappa shape index (κ3) is 5.53. The first-order chi connectivity index (χ1) is 19.5. The Kier molecular flexibility index (Phi) is 7.54. The molecule has 2 N–H and O–H groups in total. The van der Waals surface area contributed by atoms with Crippen molar-refractivity contribution in [3.05, 3.63) is 108 Å². The second-order valence-corrected chi connectivity index (χ2v) is 8.79. The van der Waals surface area contributed by atoms with Crippen LogP contribution in [0.4, 0.5) is 5.69 Å². The Labute approximate surface area is 230 Å². The first kappa shape index (κ1) is 26.2. The number of para-hydroxylation sites is 1. The number of hydrogen-bond acceptors (Lipinski definition) is 7. The van der Waals surface area contributed by atoms with Gasteiger partial charge in [-0.3, -0.25) is 9.59 Å². The van der Waals surface area contributed by atoms with Crippen LogP contribution in [0.15, 0.2) is 101 Å². The lowest BCUT2D eigenvalue weighted by Crippen LogP contribution is -2.20. The fourth-order valence-corrected chi connectivity index (χ4v) is 4.16. The number of benzene rings is 3. The molecule has 2 aromatic heterocycles. The lowest BCUT2D eigenvalue weighted by Gasteiger charge is -2.12. The number of furan rings is 1. The second kappa shape index (κ2) is 11.5. The van der Waals surface area contributed by atoms with Crippen LogP contribution in [-0.2, 0) is 0 Å². The van der Waals surface area contributed by atoms with E-state index in [1.54, 1.807) is 69.7 Å². The van der Waals surface area contributed by atoms with Gasteiger partial charge in [0.2, 0.25) is 0 Å². The van der Waals surface area contributed by atoms with E-state index < -0.39 is 0 Å². The number of fused-ring (bicyclic) bond motifs is 1. The van der Waals surface area contributed by atoms with Crippen molar-refractivity contribution in [2.24, 2.45) is 5.10 Å². The predicted molar refractivity (Wildman–Crippen MR) is 153 cm³/mol. The van der Waals surface area contributed by atoms with E-state index in [9.17, 15) is 9.59 Å². The standard InChI is InChI=1S/C31H26N4O5/c1-19(20-10-13-22(14-11-20)32-31(37)28-9-6-16-40-28)34-35-30(36)24-18-26(33-25-8-5-4-7-23(24)25)21-12-15-27(38-2)29(17-21)39-3/h4-18H,1-3H3,(H,32,37)(H,35,36)/b34-19+. The van der Waals surface area contributed by atoms with Gasteiger partial charge < -0.3 is 19.2 Å². The zero-order valence-electron chi connectivity index (χ0n) is 22.1. The van der Waals surface area contributed by atoms with Crippen molar-refractivity contribution < 1.29 is 23.5 Å². The number of hydrogen-bond donors (Lipinski definition) is 2. The number of hydrazone groups is 1. The lowest BCUT2D eigenvalue weighted by molar-refractivity contribution is 0.0955. The molecule has 200 valence electrons. The van der Waals surface area contributed by atoms with Crippen molar-refractivity contribution in [1.29, 1.82) is 0 Å². The first-order valence-electron chi connectivity index (χ1n) is 12.4. The van der Waals surface area contributed by atoms with E-state index in [0.717, 1.165) is 11.1 Å². The quantitative estimate of drug-likeness (QED) is 0.189. The number of nitrogens with one attached hydrogen (secondary N) is 2. The highest BCUT2D eigenvalue weighted by atomic mass is 16.5. The highest BCUT2D eigenvalue weighted by Gasteiger charge is 2.15. The number of aromatic nitrogens is 1. The topological polar surface area (TPSA) is 115 Å². The minimum absolute atomic E-state index is 0.224. The summed E-state index contributed by atoms with van der Waals surface area (Å²) >= 11 is 0. The van der Waals surface area contributed by atoms with Gasteiger partial charge in [0, 0.05) is 16.6 Å². The third-order valence-electron chi connectivity index (χ3n) is 6.27. The highest BCUT2D eigenvalue weighted by molar-refractivity contribution is 6.08. The van der Waals surface area contributed by atoms with Gasteiger partial charge in [-0.15, -0.1) is 0 Å². The average molecular weight is 535 g/mol. The van der Waals surface area contributed by atoms with Crippen molar-refractivity contribution in [3.8, 4) is 22.8 Å². The summed E-state index contributed by atoms with van der Waals surface area (Å²) in [4.78, 5) is 30.3. The third-order valence-corrected chi connectivity index (χ3v) is 6.27. The Bertz CT molecular complexity index is 1710. The van der Waals surface area contributed by atoms with E-state index in [4.69, 9.17) is 18.9 Å².